The SMILES string of the molecule is C=C(C)CN=c1scc(-c2ccc([N+](=O)[O-])cc2)n1N=C1C(=O)N(CC(C)C)c2ccccc21. The molecule has 0 atom stereocenters. The van der Waals surface area contributed by atoms with Crippen LogP contribution in [0.2, 0.25) is 0 Å². The fraction of sp³-hybridized carbons (Fsp3) is 0.240. The molecule has 4 rings (SSSR count). The maximum Gasteiger partial charge on any atom is 0.279 e. The molecule has 0 bridgehead atoms. The van der Waals surface area contributed by atoms with E-state index >= 15 is 0 Å². The summed E-state index contributed by atoms with van der Waals surface area (Å²) in [6, 6.07) is 13.9. The predicted octanol–water partition coefficient (Wildman–Crippen LogP) is 4.86. The number of anilines is 1. The molecule has 0 saturated carbocycles. The molecular weight excluding hydrogens is 450 g/mol. The smallest absolute Gasteiger partial charge is 0.279 e. The number of benzene rings is 2. The van der Waals surface area contributed by atoms with Crippen LogP contribution in [0.3, 0.4) is 0 Å². The van der Waals surface area contributed by atoms with E-state index in [9.17, 15) is 14.9 Å². The monoisotopic (exact) mass is 475 g/mol. The largest absolute Gasteiger partial charge is 0.306 e. The average Bonchev–Trinajstić information content (AvgIpc) is 3.32. The van der Waals surface area contributed by atoms with Crippen LogP contribution in [0, 0.1) is 16.0 Å². The highest BCUT2D eigenvalue weighted by molar-refractivity contribution is 7.07. The first-order valence-electron chi connectivity index (χ1n) is 10.9. The number of hydrogen-bond donors (Lipinski definition) is 0. The lowest BCUT2D eigenvalue weighted by Crippen LogP contribution is -2.34. The van der Waals surface area contributed by atoms with Crippen molar-refractivity contribution in [3.63, 3.8) is 0 Å². The first-order chi connectivity index (χ1) is 16.3. The fourth-order valence-electron chi connectivity index (χ4n) is 3.66. The number of para-hydroxylation sites is 1. The molecule has 1 aliphatic heterocycles. The number of aromatic nitrogens is 1. The topological polar surface area (TPSA) is 93.1 Å². The van der Waals surface area contributed by atoms with Gasteiger partial charge in [-0.3, -0.25) is 19.9 Å². The van der Waals surface area contributed by atoms with Gasteiger partial charge in [0.2, 0.25) is 4.80 Å². The second-order valence-corrected chi connectivity index (χ2v) is 9.40. The highest BCUT2D eigenvalue weighted by Gasteiger charge is 2.34. The number of nitro benzene ring substituents is 1. The molecule has 0 fully saturated rings. The number of carbonyl (C=O) groups excluding carboxylic acids is 1. The van der Waals surface area contributed by atoms with Crippen LogP contribution < -0.4 is 9.70 Å². The standard InChI is InChI=1S/C25H25N5O3S/c1-16(2)13-26-25-29(22(15-34-25)18-9-11-19(12-10-18)30(32)33)27-23-20-7-5-6-8-21(20)28(24(23)31)14-17(3)4/h5-12,15,17H,1,13-14H2,2-4H3. The van der Waals surface area contributed by atoms with Gasteiger partial charge < -0.3 is 4.90 Å². The molecule has 0 unspecified atom stereocenters. The molecular formula is C25H25N5O3S. The lowest BCUT2D eigenvalue weighted by atomic mass is 10.1. The van der Waals surface area contributed by atoms with E-state index in [0.717, 1.165) is 22.4 Å². The third-order valence-corrected chi connectivity index (χ3v) is 6.04. The average molecular weight is 476 g/mol. The Morgan fingerprint density at radius 2 is 1.88 bits per heavy atom. The predicted molar refractivity (Wildman–Crippen MR) is 135 cm³/mol. The van der Waals surface area contributed by atoms with Gasteiger partial charge in [0, 0.05) is 35.2 Å². The molecule has 34 heavy (non-hydrogen) atoms. The Kier molecular flexibility index (Phi) is 6.56. The summed E-state index contributed by atoms with van der Waals surface area (Å²) in [4.78, 5) is 31.1. The second kappa shape index (κ2) is 9.56. The van der Waals surface area contributed by atoms with Crippen molar-refractivity contribution >= 4 is 34.3 Å². The van der Waals surface area contributed by atoms with Crippen molar-refractivity contribution in [1.29, 1.82) is 0 Å². The van der Waals surface area contributed by atoms with Gasteiger partial charge in [-0.2, -0.15) is 5.10 Å². The van der Waals surface area contributed by atoms with Crippen LogP contribution in [0.4, 0.5) is 11.4 Å². The molecule has 1 amide bonds. The number of amides is 1. The van der Waals surface area contributed by atoms with Gasteiger partial charge in [0.05, 0.1) is 22.8 Å². The Balaban J connectivity index is 1.88. The van der Waals surface area contributed by atoms with Crippen molar-refractivity contribution in [1.82, 2.24) is 4.68 Å². The van der Waals surface area contributed by atoms with Crippen molar-refractivity contribution in [2.45, 2.75) is 20.8 Å². The molecule has 0 spiro atoms. The molecule has 9 heteroatoms. The van der Waals surface area contributed by atoms with Gasteiger partial charge in [0.1, 0.15) is 0 Å². The summed E-state index contributed by atoms with van der Waals surface area (Å²) in [5, 5.41) is 17.8. The molecule has 0 saturated heterocycles. The van der Waals surface area contributed by atoms with E-state index in [4.69, 9.17) is 5.10 Å². The van der Waals surface area contributed by atoms with Crippen molar-refractivity contribution in [3.05, 3.63) is 86.5 Å². The van der Waals surface area contributed by atoms with Gasteiger partial charge in [-0.25, -0.2) is 4.68 Å². The summed E-state index contributed by atoms with van der Waals surface area (Å²) in [5.74, 6) is 0.135. The van der Waals surface area contributed by atoms with E-state index in [1.807, 2.05) is 36.6 Å². The Labute approximate surface area is 201 Å². The lowest BCUT2D eigenvalue weighted by molar-refractivity contribution is -0.384. The first kappa shape index (κ1) is 23.3. The number of hydrogen-bond acceptors (Lipinski definition) is 6. The zero-order valence-electron chi connectivity index (χ0n) is 19.3. The van der Waals surface area contributed by atoms with Crippen molar-refractivity contribution in [3.8, 4) is 11.3 Å². The van der Waals surface area contributed by atoms with Gasteiger partial charge >= 0.3 is 0 Å². The number of carbonyl (C=O) groups is 1. The van der Waals surface area contributed by atoms with Crippen LogP contribution in [0.25, 0.3) is 11.3 Å². The van der Waals surface area contributed by atoms with E-state index in [-0.39, 0.29) is 11.6 Å². The molecule has 0 radical (unpaired) electrons. The van der Waals surface area contributed by atoms with E-state index in [1.54, 1.807) is 21.7 Å². The normalized spacial score (nSPS) is 14.8. The Morgan fingerprint density at radius 3 is 2.53 bits per heavy atom. The van der Waals surface area contributed by atoms with Crippen LogP contribution >= 0.6 is 11.3 Å². The molecule has 2 heterocycles. The van der Waals surface area contributed by atoms with Crippen LogP contribution in [0.1, 0.15) is 26.3 Å². The molecule has 3 aromatic rings. The molecule has 8 nitrogen and oxygen atoms in total. The van der Waals surface area contributed by atoms with E-state index in [0.29, 0.717) is 35.2 Å². The van der Waals surface area contributed by atoms with Crippen LogP contribution in [0.5, 0.6) is 0 Å². The number of nitrogens with zero attached hydrogens (tertiary/aromatic N) is 5. The zero-order valence-corrected chi connectivity index (χ0v) is 20.1. The second-order valence-electron chi connectivity index (χ2n) is 8.57. The van der Waals surface area contributed by atoms with Crippen LogP contribution in [-0.2, 0) is 4.79 Å². The Hall–Kier alpha value is -3.85. The van der Waals surface area contributed by atoms with E-state index < -0.39 is 4.92 Å². The Morgan fingerprint density at radius 1 is 1.18 bits per heavy atom. The number of rotatable bonds is 7. The van der Waals surface area contributed by atoms with Gasteiger partial charge in [0.15, 0.2) is 5.71 Å². The minimum Gasteiger partial charge on any atom is -0.306 e. The summed E-state index contributed by atoms with van der Waals surface area (Å²) >= 11 is 1.39. The molecule has 0 N–H and O–H groups in total. The summed E-state index contributed by atoms with van der Waals surface area (Å²) in [6.45, 7) is 11.0. The van der Waals surface area contributed by atoms with Gasteiger partial charge in [-0.1, -0.05) is 44.2 Å². The van der Waals surface area contributed by atoms with Gasteiger partial charge in [0.25, 0.3) is 11.6 Å². The molecule has 1 aliphatic rings. The highest BCUT2D eigenvalue weighted by atomic mass is 32.1. The number of non-ortho nitro benzene ring substituents is 1. The third-order valence-electron chi connectivity index (χ3n) is 5.19. The maximum atomic E-state index is 13.4. The molecule has 0 aliphatic carbocycles. The molecule has 1 aromatic heterocycles. The zero-order chi connectivity index (χ0) is 24.4. The van der Waals surface area contributed by atoms with Crippen molar-refractivity contribution in [2.75, 3.05) is 18.0 Å². The third kappa shape index (κ3) is 4.60. The lowest BCUT2D eigenvalue weighted by Gasteiger charge is -2.18. The Bertz CT molecular complexity index is 1370. The fourth-order valence-corrected chi connectivity index (χ4v) is 4.49. The van der Waals surface area contributed by atoms with E-state index in [1.165, 1.54) is 23.5 Å². The molecule has 2 aromatic carbocycles. The van der Waals surface area contributed by atoms with Gasteiger partial charge in [-0.05, 0) is 31.0 Å². The maximum absolute atomic E-state index is 13.4. The van der Waals surface area contributed by atoms with Crippen LogP contribution in [-0.4, -0.2) is 34.3 Å². The van der Waals surface area contributed by atoms with Crippen molar-refractivity contribution < 1.29 is 9.72 Å². The minimum atomic E-state index is -0.434. The molecule has 174 valence electrons. The summed E-state index contributed by atoms with van der Waals surface area (Å²) in [7, 11) is 0. The summed E-state index contributed by atoms with van der Waals surface area (Å²) < 4.78 is 1.65. The van der Waals surface area contributed by atoms with Gasteiger partial charge in [-0.15, -0.1) is 11.3 Å². The summed E-state index contributed by atoms with van der Waals surface area (Å²) in [6.07, 6.45) is 0. The quantitative estimate of drug-likeness (QED) is 0.278. The minimum absolute atomic E-state index is 0.00765. The summed E-state index contributed by atoms with van der Waals surface area (Å²) in [5.41, 5.74) is 4.29. The first-order valence-corrected chi connectivity index (χ1v) is 11.7. The highest BCUT2D eigenvalue weighted by Crippen LogP contribution is 2.31. The number of nitro groups is 1. The number of thiazole rings is 1. The number of fused-ring (bicyclic) bond motifs is 1. The van der Waals surface area contributed by atoms with Crippen molar-refractivity contribution in [2.24, 2.45) is 16.0 Å². The van der Waals surface area contributed by atoms with Crippen LogP contribution in [0.15, 0.2) is 76.2 Å². The van der Waals surface area contributed by atoms with E-state index in [2.05, 4.69) is 25.4 Å².